The first-order chi connectivity index (χ1) is 10.2. The van der Waals surface area contributed by atoms with Crippen molar-refractivity contribution in [1.82, 2.24) is 0 Å². The molecule has 0 saturated heterocycles. The minimum Gasteiger partial charge on any atom is -0.294 e. The molecule has 0 spiro atoms. The summed E-state index contributed by atoms with van der Waals surface area (Å²) in [7, 11) is 0. The van der Waals surface area contributed by atoms with E-state index in [9.17, 15) is 9.59 Å². The van der Waals surface area contributed by atoms with Gasteiger partial charge >= 0.3 is 0 Å². The van der Waals surface area contributed by atoms with E-state index in [1.807, 2.05) is 18.2 Å². The van der Waals surface area contributed by atoms with E-state index < -0.39 is 0 Å². The van der Waals surface area contributed by atoms with Crippen LogP contribution in [0.3, 0.4) is 0 Å². The largest absolute Gasteiger partial charge is 0.294 e. The highest BCUT2D eigenvalue weighted by Gasteiger charge is 2.56. The number of hydrogen-bond acceptors (Lipinski definition) is 2. The van der Waals surface area contributed by atoms with E-state index in [0.29, 0.717) is 11.8 Å². The fourth-order valence-corrected chi connectivity index (χ4v) is 5.06. The van der Waals surface area contributed by atoms with E-state index in [1.54, 1.807) is 0 Å². The first kappa shape index (κ1) is 13.2. The summed E-state index contributed by atoms with van der Waals surface area (Å²) in [4.78, 5) is 26.0. The molecule has 2 nitrogen and oxygen atoms in total. The maximum absolute atomic E-state index is 13.1. The molecule has 0 N–H and O–H groups in total. The molecule has 2 saturated carbocycles. The molecule has 110 valence electrons. The summed E-state index contributed by atoms with van der Waals surface area (Å²) in [5.74, 6) is 1.51. The van der Waals surface area contributed by atoms with Crippen LogP contribution in [0.5, 0.6) is 0 Å². The summed E-state index contributed by atoms with van der Waals surface area (Å²) in [5, 5.41) is 0. The van der Waals surface area contributed by atoms with Crippen LogP contribution >= 0.6 is 0 Å². The van der Waals surface area contributed by atoms with Gasteiger partial charge in [-0.25, -0.2) is 0 Å². The first-order valence-electron chi connectivity index (χ1n) is 8.42. The Hall–Kier alpha value is -1.44. The summed E-state index contributed by atoms with van der Waals surface area (Å²) in [5.41, 5.74) is 2.61. The van der Waals surface area contributed by atoms with Crippen molar-refractivity contribution in [3.8, 4) is 0 Å². The Balaban J connectivity index is 1.81. The topological polar surface area (TPSA) is 34.1 Å². The Bertz CT molecular complexity index is 616. The molecule has 0 aromatic heterocycles. The van der Waals surface area contributed by atoms with Crippen LogP contribution in [0.15, 0.2) is 18.2 Å². The lowest BCUT2D eigenvalue weighted by molar-refractivity contribution is 0.0660. The van der Waals surface area contributed by atoms with Gasteiger partial charge in [-0.1, -0.05) is 31.5 Å². The first-order valence-corrected chi connectivity index (χ1v) is 8.42. The van der Waals surface area contributed by atoms with Gasteiger partial charge in [0.15, 0.2) is 11.6 Å². The molecule has 2 heteroatoms. The molecule has 0 amide bonds. The quantitative estimate of drug-likeness (QED) is 0.837. The Labute approximate surface area is 125 Å². The van der Waals surface area contributed by atoms with Crippen LogP contribution in [0.4, 0.5) is 0 Å². The van der Waals surface area contributed by atoms with E-state index >= 15 is 0 Å². The molecule has 4 atom stereocenters. The zero-order chi connectivity index (χ0) is 14.6. The number of rotatable bonds is 3. The SMILES string of the molecule is CCCCc1cccc2c1C(=O)C1C3CCC(C3)C1C2=O. The third-order valence-corrected chi connectivity index (χ3v) is 5.98. The highest BCUT2D eigenvalue weighted by atomic mass is 16.1. The number of fused-ring (bicyclic) bond motifs is 6. The van der Waals surface area contributed by atoms with Gasteiger partial charge in [0.2, 0.25) is 0 Å². The van der Waals surface area contributed by atoms with Crippen molar-refractivity contribution < 1.29 is 9.59 Å². The molecule has 0 radical (unpaired) electrons. The summed E-state index contributed by atoms with van der Waals surface area (Å²) in [6.45, 7) is 2.16. The zero-order valence-corrected chi connectivity index (χ0v) is 12.6. The molecule has 21 heavy (non-hydrogen) atoms. The zero-order valence-electron chi connectivity index (χ0n) is 12.6. The van der Waals surface area contributed by atoms with Gasteiger partial charge in [0.25, 0.3) is 0 Å². The molecule has 2 bridgehead atoms. The summed E-state index contributed by atoms with van der Waals surface area (Å²) in [6.07, 6.45) is 6.52. The molecule has 3 aliphatic rings. The van der Waals surface area contributed by atoms with E-state index in [0.717, 1.165) is 55.2 Å². The summed E-state index contributed by atoms with van der Waals surface area (Å²) in [6, 6.07) is 5.89. The van der Waals surface area contributed by atoms with Gasteiger partial charge in [-0.3, -0.25) is 9.59 Å². The lowest BCUT2D eigenvalue weighted by Gasteiger charge is -2.34. The fourth-order valence-electron chi connectivity index (χ4n) is 5.06. The van der Waals surface area contributed by atoms with Crippen molar-refractivity contribution in [1.29, 1.82) is 0 Å². The Morgan fingerprint density at radius 3 is 2.48 bits per heavy atom. The van der Waals surface area contributed by atoms with E-state index in [1.165, 1.54) is 0 Å². The average molecular weight is 282 g/mol. The lowest BCUT2D eigenvalue weighted by Crippen LogP contribution is -2.40. The number of hydrogen-bond donors (Lipinski definition) is 0. The number of unbranched alkanes of at least 4 members (excludes halogenated alkanes) is 1. The predicted molar refractivity (Wildman–Crippen MR) is 81.5 cm³/mol. The Morgan fingerprint density at radius 1 is 1.05 bits per heavy atom. The van der Waals surface area contributed by atoms with E-state index in [4.69, 9.17) is 0 Å². The second-order valence-electron chi connectivity index (χ2n) is 7.06. The lowest BCUT2D eigenvalue weighted by atomic mass is 9.66. The minimum atomic E-state index is 0.00479. The summed E-state index contributed by atoms with van der Waals surface area (Å²) < 4.78 is 0. The van der Waals surface area contributed by atoms with Crippen LogP contribution in [0.2, 0.25) is 0 Å². The molecule has 4 rings (SSSR count). The number of carbonyl (C=O) groups is 2. The maximum atomic E-state index is 13.1. The van der Waals surface area contributed by atoms with Crippen molar-refractivity contribution >= 4 is 11.6 Å². The normalized spacial score (nSPS) is 33.2. The van der Waals surface area contributed by atoms with Gasteiger partial charge in [0.05, 0.1) is 0 Å². The van der Waals surface area contributed by atoms with Crippen LogP contribution in [-0.4, -0.2) is 11.6 Å². The fraction of sp³-hybridized carbons (Fsp3) is 0.579. The van der Waals surface area contributed by atoms with Crippen LogP contribution < -0.4 is 0 Å². The standard InChI is InChI=1S/C19H22O2/c1-2-3-5-11-6-4-7-14-15(11)19(21)17-13-9-8-12(10-13)16(17)18(14)20/h4,6-7,12-13,16-17H,2-3,5,8-10H2,1H3. The van der Waals surface area contributed by atoms with Gasteiger partial charge in [-0.2, -0.15) is 0 Å². The van der Waals surface area contributed by atoms with Crippen LogP contribution in [0, 0.1) is 23.7 Å². The van der Waals surface area contributed by atoms with Crippen molar-refractivity contribution in [2.75, 3.05) is 0 Å². The van der Waals surface area contributed by atoms with E-state index in [2.05, 4.69) is 6.92 Å². The predicted octanol–water partition coefficient (Wildman–Crippen LogP) is 4.07. The molecule has 1 aromatic carbocycles. The van der Waals surface area contributed by atoms with Gasteiger partial charge in [-0.15, -0.1) is 0 Å². The third-order valence-electron chi connectivity index (χ3n) is 5.98. The highest BCUT2D eigenvalue weighted by Crippen LogP contribution is 2.56. The third kappa shape index (κ3) is 1.77. The van der Waals surface area contributed by atoms with Gasteiger partial charge in [0.1, 0.15) is 0 Å². The van der Waals surface area contributed by atoms with Gasteiger partial charge in [-0.05, 0) is 49.5 Å². The number of Topliss-reactive ketones (excluding diaryl/α,β-unsaturated/α-hetero) is 2. The average Bonchev–Trinajstić information content (AvgIpc) is 3.11. The minimum absolute atomic E-state index is 0.00479. The number of aryl methyl sites for hydroxylation is 1. The molecule has 2 fully saturated rings. The maximum Gasteiger partial charge on any atom is 0.167 e. The molecular weight excluding hydrogens is 260 g/mol. The molecule has 4 unspecified atom stereocenters. The molecular formula is C19H22O2. The molecule has 0 aliphatic heterocycles. The smallest absolute Gasteiger partial charge is 0.167 e. The Morgan fingerprint density at radius 2 is 1.76 bits per heavy atom. The number of carbonyl (C=O) groups excluding carboxylic acids is 2. The summed E-state index contributed by atoms with van der Waals surface area (Å²) >= 11 is 0. The number of ketones is 2. The van der Waals surface area contributed by atoms with E-state index in [-0.39, 0.29) is 23.4 Å². The van der Waals surface area contributed by atoms with Crippen LogP contribution in [0.25, 0.3) is 0 Å². The van der Waals surface area contributed by atoms with Gasteiger partial charge < -0.3 is 0 Å². The Kier molecular flexibility index (Phi) is 3.02. The van der Waals surface area contributed by atoms with Gasteiger partial charge in [0, 0.05) is 23.0 Å². The van der Waals surface area contributed by atoms with Crippen LogP contribution in [-0.2, 0) is 6.42 Å². The molecule has 3 aliphatic carbocycles. The van der Waals surface area contributed by atoms with Crippen molar-refractivity contribution in [2.24, 2.45) is 23.7 Å². The van der Waals surface area contributed by atoms with Crippen molar-refractivity contribution in [3.63, 3.8) is 0 Å². The van der Waals surface area contributed by atoms with Crippen molar-refractivity contribution in [3.05, 3.63) is 34.9 Å². The highest BCUT2D eigenvalue weighted by molar-refractivity contribution is 6.17. The number of benzene rings is 1. The molecule has 1 aromatic rings. The molecule has 0 heterocycles. The monoisotopic (exact) mass is 282 g/mol. The second kappa shape index (κ2) is 4.79. The van der Waals surface area contributed by atoms with Crippen LogP contribution in [0.1, 0.15) is 65.3 Å². The van der Waals surface area contributed by atoms with Crippen molar-refractivity contribution in [2.45, 2.75) is 45.4 Å². The second-order valence-corrected chi connectivity index (χ2v) is 7.06.